The van der Waals surface area contributed by atoms with E-state index in [1.807, 2.05) is 13.8 Å². The molecule has 0 bridgehead atoms. The maximum absolute atomic E-state index is 13.4. The van der Waals surface area contributed by atoms with E-state index in [9.17, 15) is 4.39 Å². The Labute approximate surface area is 126 Å². The molecular weight excluding hydrogens is 327 g/mol. The Morgan fingerprint density at radius 2 is 1.63 bits per heavy atom. The van der Waals surface area contributed by atoms with Crippen molar-refractivity contribution in [3.63, 3.8) is 0 Å². The van der Waals surface area contributed by atoms with Gasteiger partial charge in [0.05, 0.1) is 5.38 Å². The van der Waals surface area contributed by atoms with Crippen LogP contribution in [-0.2, 0) is 0 Å². The van der Waals surface area contributed by atoms with Gasteiger partial charge in [-0.3, -0.25) is 0 Å². The summed E-state index contributed by atoms with van der Waals surface area (Å²) in [4.78, 5) is 0. The molecule has 0 amide bonds. The molecule has 1 atom stereocenters. The molecule has 2 aromatic rings. The first-order chi connectivity index (χ1) is 8.90. The standard InChI is InChI=1S/C16H15BrClF/c1-9-6-10(2)15(11(3)7-9)16(18)13-8-12(19)4-5-14(13)17/h4-8,16H,1-3H3. The molecule has 0 N–H and O–H groups in total. The van der Waals surface area contributed by atoms with E-state index >= 15 is 0 Å². The molecule has 0 saturated heterocycles. The van der Waals surface area contributed by atoms with Crippen LogP contribution in [0.15, 0.2) is 34.8 Å². The fraction of sp³-hybridized carbons (Fsp3) is 0.250. The molecule has 0 aliphatic heterocycles. The van der Waals surface area contributed by atoms with Crippen LogP contribution in [0.2, 0.25) is 0 Å². The summed E-state index contributed by atoms with van der Waals surface area (Å²) in [5.41, 5.74) is 5.29. The van der Waals surface area contributed by atoms with Crippen LogP contribution in [0.5, 0.6) is 0 Å². The Hall–Kier alpha value is -0.860. The lowest BCUT2D eigenvalue weighted by atomic mass is 9.94. The van der Waals surface area contributed by atoms with Gasteiger partial charge in [0.2, 0.25) is 0 Å². The average molecular weight is 342 g/mol. The lowest BCUT2D eigenvalue weighted by Gasteiger charge is -2.18. The molecule has 2 rings (SSSR count). The summed E-state index contributed by atoms with van der Waals surface area (Å²) < 4.78 is 14.2. The van der Waals surface area contributed by atoms with Gasteiger partial charge in [-0.25, -0.2) is 4.39 Å². The van der Waals surface area contributed by atoms with Gasteiger partial charge in [-0.05, 0) is 61.2 Å². The minimum Gasteiger partial charge on any atom is -0.207 e. The van der Waals surface area contributed by atoms with E-state index in [-0.39, 0.29) is 11.2 Å². The van der Waals surface area contributed by atoms with Crippen LogP contribution >= 0.6 is 27.5 Å². The van der Waals surface area contributed by atoms with Crippen molar-refractivity contribution in [3.05, 3.63) is 68.4 Å². The second-order valence-corrected chi connectivity index (χ2v) is 6.13. The molecule has 0 radical (unpaired) electrons. The molecule has 19 heavy (non-hydrogen) atoms. The van der Waals surface area contributed by atoms with Crippen molar-refractivity contribution in [2.75, 3.05) is 0 Å². The normalized spacial score (nSPS) is 12.5. The summed E-state index contributed by atoms with van der Waals surface area (Å²) in [5.74, 6) is -0.272. The van der Waals surface area contributed by atoms with Crippen LogP contribution < -0.4 is 0 Å². The first-order valence-corrected chi connectivity index (χ1v) is 7.30. The van der Waals surface area contributed by atoms with Gasteiger partial charge in [-0.15, -0.1) is 11.6 Å². The van der Waals surface area contributed by atoms with Crippen LogP contribution in [-0.4, -0.2) is 0 Å². The minimum atomic E-state index is -0.356. The van der Waals surface area contributed by atoms with Gasteiger partial charge >= 0.3 is 0 Å². The van der Waals surface area contributed by atoms with E-state index in [1.165, 1.54) is 17.7 Å². The smallest absolute Gasteiger partial charge is 0.123 e. The quantitative estimate of drug-likeness (QED) is 0.602. The molecular formula is C16H15BrClF. The predicted octanol–water partition coefficient (Wildman–Crippen LogP) is 5.84. The van der Waals surface area contributed by atoms with Crippen molar-refractivity contribution in [1.82, 2.24) is 0 Å². The van der Waals surface area contributed by atoms with E-state index < -0.39 is 0 Å². The largest absolute Gasteiger partial charge is 0.207 e. The lowest BCUT2D eigenvalue weighted by Crippen LogP contribution is -2.02. The molecule has 3 heteroatoms. The topological polar surface area (TPSA) is 0 Å². The molecule has 0 heterocycles. The molecule has 100 valence electrons. The van der Waals surface area contributed by atoms with Crippen molar-refractivity contribution < 1.29 is 4.39 Å². The number of aryl methyl sites for hydroxylation is 3. The molecule has 0 aliphatic rings. The SMILES string of the molecule is Cc1cc(C)c(C(Cl)c2cc(F)ccc2Br)c(C)c1. The number of halogens is 3. The summed E-state index contributed by atoms with van der Waals surface area (Å²) in [5, 5.41) is -0.356. The van der Waals surface area contributed by atoms with E-state index in [0.717, 1.165) is 26.7 Å². The third-order valence-electron chi connectivity index (χ3n) is 3.22. The van der Waals surface area contributed by atoms with E-state index in [4.69, 9.17) is 11.6 Å². The van der Waals surface area contributed by atoms with Gasteiger partial charge in [0, 0.05) is 4.47 Å². The zero-order valence-corrected chi connectivity index (χ0v) is 13.4. The summed E-state index contributed by atoms with van der Waals surface area (Å²) >= 11 is 10.0. The second-order valence-electron chi connectivity index (χ2n) is 4.84. The first kappa shape index (κ1) is 14.5. The highest BCUT2D eigenvalue weighted by molar-refractivity contribution is 9.10. The molecule has 0 fully saturated rings. The van der Waals surface area contributed by atoms with Crippen molar-refractivity contribution in [3.8, 4) is 0 Å². The van der Waals surface area contributed by atoms with Crippen LogP contribution in [0.1, 0.15) is 33.2 Å². The third kappa shape index (κ3) is 3.01. The molecule has 0 nitrogen and oxygen atoms in total. The maximum atomic E-state index is 13.4. The van der Waals surface area contributed by atoms with E-state index in [0.29, 0.717) is 0 Å². The summed E-state index contributed by atoms with van der Waals surface area (Å²) in [6.07, 6.45) is 0. The second kappa shape index (κ2) is 5.64. The zero-order chi connectivity index (χ0) is 14.2. The first-order valence-electron chi connectivity index (χ1n) is 6.07. The molecule has 0 aromatic heterocycles. The summed E-state index contributed by atoms with van der Waals surface area (Å²) in [7, 11) is 0. The zero-order valence-electron chi connectivity index (χ0n) is 11.1. The number of hydrogen-bond donors (Lipinski definition) is 0. The van der Waals surface area contributed by atoms with Crippen LogP contribution in [0.3, 0.4) is 0 Å². The maximum Gasteiger partial charge on any atom is 0.123 e. The highest BCUT2D eigenvalue weighted by Gasteiger charge is 2.19. The van der Waals surface area contributed by atoms with Gasteiger partial charge in [0.1, 0.15) is 5.82 Å². The highest BCUT2D eigenvalue weighted by Crippen LogP contribution is 2.37. The van der Waals surface area contributed by atoms with Gasteiger partial charge in [0.15, 0.2) is 0 Å². The van der Waals surface area contributed by atoms with Gasteiger partial charge < -0.3 is 0 Å². The molecule has 1 unspecified atom stereocenters. The fourth-order valence-corrected chi connectivity index (χ4v) is 3.59. The van der Waals surface area contributed by atoms with Crippen molar-refractivity contribution in [2.24, 2.45) is 0 Å². The van der Waals surface area contributed by atoms with Gasteiger partial charge in [0.25, 0.3) is 0 Å². The van der Waals surface area contributed by atoms with E-state index in [1.54, 1.807) is 6.07 Å². The number of rotatable bonds is 2. The van der Waals surface area contributed by atoms with Gasteiger partial charge in [-0.1, -0.05) is 33.6 Å². The predicted molar refractivity (Wildman–Crippen MR) is 82.4 cm³/mol. The Morgan fingerprint density at radius 3 is 2.21 bits per heavy atom. The monoisotopic (exact) mass is 340 g/mol. The van der Waals surface area contributed by atoms with Crippen molar-refractivity contribution in [2.45, 2.75) is 26.1 Å². The minimum absolute atomic E-state index is 0.272. The average Bonchev–Trinajstić information content (AvgIpc) is 2.30. The number of alkyl halides is 1. The lowest BCUT2D eigenvalue weighted by molar-refractivity contribution is 0.625. The van der Waals surface area contributed by atoms with Crippen molar-refractivity contribution in [1.29, 1.82) is 0 Å². The molecule has 0 saturated carbocycles. The van der Waals surface area contributed by atoms with E-state index in [2.05, 4.69) is 35.0 Å². The molecule has 2 aromatic carbocycles. The highest BCUT2D eigenvalue weighted by atomic mass is 79.9. The fourth-order valence-electron chi connectivity index (χ4n) is 2.46. The van der Waals surface area contributed by atoms with Crippen LogP contribution in [0.4, 0.5) is 4.39 Å². The van der Waals surface area contributed by atoms with Gasteiger partial charge in [-0.2, -0.15) is 0 Å². The Bertz CT molecular complexity index is 599. The van der Waals surface area contributed by atoms with Crippen LogP contribution in [0.25, 0.3) is 0 Å². The summed E-state index contributed by atoms with van der Waals surface area (Å²) in [6, 6.07) is 8.81. The van der Waals surface area contributed by atoms with Crippen molar-refractivity contribution >= 4 is 27.5 Å². The molecule has 0 spiro atoms. The van der Waals surface area contributed by atoms with Crippen LogP contribution in [0, 0.1) is 26.6 Å². The summed E-state index contributed by atoms with van der Waals surface area (Å²) in [6.45, 7) is 6.14. The Balaban J connectivity index is 2.56. The Morgan fingerprint density at radius 1 is 1.05 bits per heavy atom. The number of benzene rings is 2. The molecule has 0 aliphatic carbocycles. The Kier molecular flexibility index (Phi) is 4.32. The third-order valence-corrected chi connectivity index (χ3v) is 4.40. The number of hydrogen-bond acceptors (Lipinski definition) is 0.